The first-order valence-electron chi connectivity index (χ1n) is 13.1. The van der Waals surface area contributed by atoms with E-state index in [1.165, 1.54) is 4.90 Å². The highest BCUT2D eigenvalue weighted by molar-refractivity contribution is 14.1. The Balaban J connectivity index is 1.44. The second kappa shape index (κ2) is 9.16. The molecule has 0 aromatic heterocycles. The summed E-state index contributed by atoms with van der Waals surface area (Å²) < 4.78 is 6.72. The molecule has 5 nitrogen and oxygen atoms in total. The number of hydrogen-bond acceptors (Lipinski definition) is 4. The van der Waals surface area contributed by atoms with Crippen LogP contribution in [0.25, 0.3) is 0 Å². The lowest BCUT2D eigenvalue weighted by molar-refractivity contribution is -0.122. The molecule has 4 aliphatic rings. The van der Waals surface area contributed by atoms with Crippen molar-refractivity contribution in [3.8, 4) is 5.75 Å². The zero-order valence-electron chi connectivity index (χ0n) is 21.3. The molecular weight excluding hydrogens is 599 g/mol. The molecule has 1 aliphatic heterocycles. The molecule has 0 saturated carbocycles. The quantitative estimate of drug-likeness (QED) is 0.142. The number of halogens is 1. The zero-order valence-corrected chi connectivity index (χ0v) is 23.4. The summed E-state index contributed by atoms with van der Waals surface area (Å²) in [5.74, 6) is -0.942. The first kappa shape index (κ1) is 24.3. The SMILES string of the molecule is CCOc1ccc(N2C(=O)[C@@H]3C4c5ccccc5C(C=Nc5ccc(I)cc5)(c5ccccc54)[C@H]3C2=O)cc1. The van der Waals surface area contributed by atoms with Crippen molar-refractivity contribution in [1.29, 1.82) is 0 Å². The van der Waals surface area contributed by atoms with E-state index in [0.29, 0.717) is 18.0 Å². The Morgan fingerprint density at radius 2 is 1.46 bits per heavy atom. The van der Waals surface area contributed by atoms with Crippen molar-refractivity contribution in [2.45, 2.75) is 18.3 Å². The van der Waals surface area contributed by atoms with Crippen LogP contribution in [0.15, 0.2) is 102 Å². The smallest absolute Gasteiger partial charge is 0.239 e. The summed E-state index contributed by atoms with van der Waals surface area (Å²) in [6, 6.07) is 31.7. The Bertz CT molecular complexity index is 1600. The molecular formula is C33H25IN2O3. The number of carbonyl (C=O) groups excluding carboxylic acids is 2. The molecule has 192 valence electrons. The summed E-state index contributed by atoms with van der Waals surface area (Å²) in [6.07, 6.45) is 1.94. The van der Waals surface area contributed by atoms with Gasteiger partial charge in [0.25, 0.3) is 0 Å². The summed E-state index contributed by atoms with van der Waals surface area (Å²) in [4.78, 5) is 35.0. The van der Waals surface area contributed by atoms with Crippen molar-refractivity contribution in [2.75, 3.05) is 11.5 Å². The highest BCUT2D eigenvalue weighted by atomic mass is 127. The minimum atomic E-state index is -0.873. The number of hydrogen-bond donors (Lipinski definition) is 0. The molecule has 2 bridgehead atoms. The molecule has 2 atom stereocenters. The monoisotopic (exact) mass is 624 g/mol. The summed E-state index contributed by atoms with van der Waals surface area (Å²) in [7, 11) is 0. The zero-order chi connectivity index (χ0) is 26.7. The third-order valence-corrected chi connectivity index (χ3v) is 9.05. The third-order valence-electron chi connectivity index (χ3n) is 8.33. The fourth-order valence-electron chi connectivity index (χ4n) is 6.87. The van der Waals surface area contributed by atoms with Gasteiger partial charge >= 0.3 is 0 Å². The summed E-state index contributed by atoms with van der Waals surface area (Å²) in [6.45, 7) is 2.47. The number of aliphatic imine (C=N–C) groups is 1. The molecule has 0 unspecified atom stereocenters. The topological polar surface area (TPSA) is 59.0 Å². The molecule has 0 radical (unpaired) electrons. The molecule has 3 aliphatic carbocycles. The van der Waals surface area contributed by atoms with Gasteiger partial charge in [-0.3, -0.25) is 14.6 Å². The molecule has 1 saturated heterocycles. The van der Waals surface area contributed by atoms with E-state index in [4.69, 9.17) is 9.73 Å². The number of anilines is 1. The van der Waals surface area contributed by atoms with Crippen LogP contribution in [0.1, 0.15) is 35.1 Å². The number of ether oxygens (including phenoxy) is 1. The predicted molar refractivity (Wildman–Crippen MR) is 160 cm³/mol. The van der Waals surface area contributed by atoms with Gasteiger partial charge in [-0.05, 0) is 100 Å². The average molecular weight is 624 g/mol. The number of carbonyl (C=O) groups is 2. The summed E-state index contributed by atoms with van der Waals surface area (Å²) in [5, 5.41) is 0. The summed E-state index contributed by atoms with van der Waals surface area (Å²) >= 11 is 2.28. The van der Waals surface area contributed by atoms with Gasteiger partial charge in [-0.15, -0.1) is 0 Å². The van der Waals surface area contributed by atoms with E-state index in [1.807, 2.05) is 73.8 Å². The van der Waals surface area contributed by atoms with Gasteiger partial charge in [0, 0.05) is 15.7 Å². The summed E-state index contributed by atoms with van der Waals surface area (Å²) in [5.41, 5.74) is 4.81. The van der Waals surface area contributed by atoms with E-state index in [0.717, 1.165) is 31.5 Å². The van der Waals surface area contributed by atoms with Crippen LogP contribution in [0.5, 0.6) is 5.75 Å². The lowest BCUT2D eigenvalue weighted by atomic mass is 9.47. The second-order valence-electron chi connectivity index (χ2n) is 10.2. The molecule has 6 heteroatoms. The van der Waals surface area contributed by atoms with E-state index in [9.17, 15) is 9.59 Å². The van der Waals surface area contributed by atoms with Crippen molar-refractivity contribution < 1.29 is 14.3 Å². The molecule has 8 rings (SSSR count). The largest absolute Gasteiger partial charge is 0.494 e. The van der Waals surface area contributed by atoms with Crippen LogP contribution in [0.2, 0.25) is 0 Å². The number of nitrogens with zero attached hydrogens (tertiary/aromatic N) is 2. The van der Waals surface area contributed by atoms with Crippen molar-refractivity contribution in [1.82, 2.24) is 0 Å². The molecule has 39 heavy (non-hydrogen) atoms. The van der Waals surface area contributed by atoms with Gasteiger partial charge in [0.05, 0.1) is 35.2 Å². The third kappa shape index (κ3) is 3.47. The van der Waals surface area contributed by atoms with Crippen LogP contribution in [0, 0.1) is 15.4 Å². The van der Waals surface area contributed by atoms with E-state index >= 15 is 0 Å². The molecule has 2 amide bonds. The molecule has 1 fully saturated rings. The standard InChI is InChI=1S/C33H25IN2O3/c1-2-39-23-17-15-22(16-18-23)36-31(37)29-28-24-7-3-5-9-26(24)33(30(29)32(36)38,27-10-6-4-8-25(27)28)19-35-21-13-11-20(34)12-14-21/h3-19,28-30H,2H2,1H3/t28?,29-,30-,33?/m1/s1. The second-order valence-corrected chi connectivity index (χ2v) is 11.4. The molecule has 4 aromatic carbocycles. The number of amides is 2. The first-order valence-corrected chi connectivity index (χ1v) is 14.2. The molecule has 0 spiro atoms. The highest BCUT2D eigenvalue weighted by Gasteiger charge is 2.67. The predicted octanol–water partition coefficient (Wildman–Crippen LogP) is 6.64. The Kier molecular flexibility index (Phi) is 5.70. The van der Waals surface area contributed by atoms with Crippen LogP contribution < -0.4 is 9.64 Å². The minimum Gasteiger partial charge on any atom is -0.494 e. The van der Waals surface area contributed by atoms with Crippen LogP contribution in [-0.4, -0.2) is 24.6 Å². The number of imide groups is 1. The van der Waals surface area contributed by atoms with Crippen LogP contribution in [-0.2, 0) is 15.0 Å². The maximum Gasteiger partial charge on any atom is 0.239 e. The minimum absolute atomic E-state index is 0.157. The number of rotatable bonds is 5. The van der Waals surface area contributed by atoms with Gasteiger partial charge in [-0.2, -0.15) is 0 Å². The van der Waals surface area contributed by atoms with E-state index in [-0.39, 0.29) is 17.7 Å². The van der Waals surface area contributed by atoms with Gasteiger partial charge < -0.3 is 4.74 Å². The Hall–Kier alpha value is -3.78. The maximum absolute atomic E-state index is 14.4. The van der Waals surface area contributed by atoms with Crippen LogP contribution in [0.3, 0.4) is 0 Å². The molecule has 4 aromatic rings. The lowest BCUT2D eigenvalue weighted by Crippen LogP contribution is -2.54. The van der Waals surface area contributed by atoms with Crippen molar-refractivity contribution in [3.05, 3.63) is 123 Å². The molecule has 0 N–H and O–H groups in total. The van der Waals surface area contributed by atoms with Gasteiger partial charge in [-0.1, -0.05) is 48.5 Å². The fraction of sp³-hybridized carbons (Fsp3) is 0.182. The van der Waals surface area contributed by atoms with Crippen molar-refractivity contribution in [2.24, 2.45) is 16.8 Å². The van der Waals surface area contributed by atoms with E-state index in [1.54, 1.807) is 12.1 Å². The van der Waals surface area contributed by atoms with Gasteiger partial charge in [-0.25, -0.2) is 4.90 Å². The van der Waals surface area contributed by atoms with Gasteiger partial charge in [0.15, 0.2) is 0 Å². The Labute approximate surface area is 240 Å². The van der Waals surface area contributed by atoms with Crippen LogP contribution >= 0.6 is 22.6 Å². The van der Waals surface area contributed by atoms with Crippen LogP contribution in [0.4, 0.5) is 11.4 Å². The van der Waals surface area contributed by atoms with Crippen molar-refractivity contribution in [3.63, 3.8) is 0 Å². The van der Waals surface area contributed by atoms with E-state index < -0.39 is 17.3 Å². The van der Waals surface area contributed by atoms with Gasteiger partial charge in [0.1, 0.15) is 5.75 Å². The Morgan fingerprint density at radius 3 is 2.08 bits per heavy atom. The lowest BCUT2D eigenvalue weighted by Gasteiger charge is -2.52. The number of benzene rings is 4. The van der Waals surface area contributed by atoms with Crippen molar-refractivity contribution >= 4 is 52.0 Å². The molecule has 1 heterocycles. The Morgan fingerprint density at radius 1 is 0.846 bits per heavy atom. The average Bonchev–Trinajstić information content (AvgIpc) is 3.24. The fourth-order valence-corrected chi connectivity index (χ4v) is 7.23. The first-order chi connectivity index (χ1) is 19.0. The normalized spacial score (nSPS) is 24.6. The van der Waals surface area contributed by atoms with E-state index in [2.05, 4.69) is 46.9 Å². The van der Waals surface area contributed by atoms with Gasteiger partial charge in [0.2, 0.25) is 11.8 Å². The maximum atomic E-state index is 14.4. The highest BCUT2D eigenvalue weighted by Crippen LogP contribution is 2.63.